The number of amides is 1. The minimum absolute atomic E-state index is 0.291. The Labute approximate surface area is 108 Å². The Morgan fingerprint density at radius 2 is 2.06 bits per heavy atom. The number of hydrogen-bond acceptors (Lipinski definition) is 3. The summed E-state index contributed by atoms with van der Waals surface area (Å²) in [5, 5.41) is 12.1. The second kappa shape index (κ2) is 5.76. The first-order valence-electron chi connectivity index (χ1n) is 6.03. The van der Waals surface area contributed by atoms with Gasteiger partial charge in [0.2, 0.25) is 0 Å². The molecule has 0 bridgehead atoms. The van der Waals surface area contributed by atoms with Crippen molar-refractivity contribution in [3.63, 3.8) is 0 Å². The molecule has 0 radical (unpaired) electrons. The van der Waals surface area contributed by atoms with Gasteiger partial charge in [0.05, 0.1) is 0 Å². The van der Waals surface area contributed by atoms with Crippen molar-refractivity contribution in [2.75, 3.05) is 6.54 Å². The summed E-state index contributed by atoms with van der Waals surface area (Å²) in [5.41, 5.74) is 1.44. The lowest BCUT2D eigenvalue weighted by Crippen LogP contribution is -2.33. The number of carbonyl (C=O) groups is 1. The van der Waals surface area contributed by atoms with E-state index in [1.807, 2.05) is 39.8 Å². The van der Waals surface area contributed by atoms with Crippen LogP contribution in [-0.4, -0.2) is 23.3 Å². The second-order valence-electron chi connectivity index (χ2n) is 5.30. The Kier molecular flexibility index (Phi) is 4.59. The fraction of sp³-hybridized carbons (Fsp3) is 0.500. The number of hydrogen-bond donors (Lipinski definition) is 2. The third kappa shape index (κ3) is 5.08. The predicted molar refractivity (Wildman–Crippen MR) is 70.8 cm³/mol. The van der Waals surface area contributed by atoms with E-state index >= 15 is 0 Å². The molecule has 0 aliphatic heterocycles. The molecule has 0 spiro atoms. The molecule has 0 unspecified atom stereocenters. The molecule has 0 heterocycles. The molecule has 4 nitrogen and oxygen atoms in total. The van der Waals surface area contributed by atoms with Crippen molar-refractivity contribution in [3.05, 3.63) is 29.3 Å². The zero-order valence-electron chi connectivity index (χ0n) is 11.4. The molecule has 0 aliphatic carbocycles. The first-order chi connectivity index (χ1) is 8.28. The fourth-order valence-electron chi connectivity index (χ4n) is 1.50. The predicted octanol–water partition coefficient (Wildman–Crippen LogP) is 2.77. The van der Waals surface area contributed by atoms with E-state index in [0.29, 0.717) is 18.7 Å². The van der Waals surface area contributed by atoms with Crippen molar-refractivity contribution >= 4 is 6.09 Å². The number of phenols is 1. The number of ether oxygens (including phenoxy) is 1. The van der Waals surface area contributed by atoms with Crippen molar-refractivity contribution < 1.29 is 14.6 Å². The van der Waals surface area contributed by atoms with Gasteiger partial charge in [-0.25, -0.2) is 4.79 Å². The van der Waals surface area contributed by atoms with E-state index in [0.717, 1.165) is 11.1 Å². The zero-order chi connectivity index (χ0) is 13.8. The molecule has 100 valence electrons. The maximum Gasteiger partial charge on any atom is 0.407 e. The number of aryl methyl sites for hydroxylation is 1. The highest BCUT2D eigenvalue weighted by molar-refractivity contribution is 5.67. The standard InChI is InChI=1S/C14H21NO3/c1-10-9-11(5-6-12(10)16)7-8-15-13(17)18-14(2,3)4/h5-6,9,16H,7-8H2,1-4H3,(H,15,17). The van der Waals surface area contributed by atoms with E-state index in [1.54, 1.807) is 6.07 Å². The quantitative estimate of drug-likeness (QED) is 0.868. The van der Waals surface area contributed by atoms with Gasteiger partial charge >= 0.3 is 6.09 Å². The minimum Gasteiger partial charge on any atom is -0.508 e. The minimum atomic E-state index is -0.473. The van der Waals surface area contributed by atoms with E-state index in [9.17, 15) is 9.90 Å². The maximum atomic E-state index is 11.4. The largest absolute Gasteiger partial charge is 0.508 e. The molecule has 1 aromatic carbocycles. The molecule has 4 heteroatoms. The lowest BCUT2D eigenvalue weighted by atomic mass is 10.1. The van der Waals surface area contributed by atoms with Crippen LogP contribution in [-0.2, 0) is 11.2 Å². The normalized spacial score (nSPS) is 11.1. The van der Waals surface area contributed by atoms with Crippen molar-refractivity contribution in [1.29, 1.82) is 0 Å². The van der Waals surface area contributed by atoms with Gasteiger partial charge in [-0.15, -0.1) is 0 Å². The Morgan fingerprint density at radius 1 is 1.39 bits per heavy atom. The summed E-state index contributed by atoms with van der Waals surface area (Å²) in [5.74, 6) is 0.291. The lowest BCUT2D eigenvalue weighted by molar-refractivity contribution is 0.0528. The number of alkyl carbamates (subject to hydrolysis) is 1. The molecule has 0 saturated heterocycles. The number of rotatable bonds is 3. The van der Waals surface area contributed by atoms with Gasteiger partial charge in [-0.3, -0.25) is 0 Å². The van der Waals surface area contributed by atoms with Crippen LogP contribution in [0.3, 0.4) is 0 Å². The highest BCUT2D eigenvalue weighted by Gasteiger charge is 2.15. The van der Waals surface area contributed by atoms with E-state index in [2.05, 4.69) is 5.32 Å². The Balaban J connectivity index is 2.38. The molecule has 2 N–H and O–H groups in total. The zero-order valence-corrected chi connectivity index (χ0v) is 11.4. The van der Waals surface area contributed by atoms with Gasteiger partial charge in [0.15, 0.2) is 0 Å². The van der Waals surface area contributed by atoms with Crippen molar-refractivity contribution in [3.8, 4) is 5.75 Å². The van der Waals surface area contributed by atoms with Gasteiger partial charge < -0.3 is 15.2 Å². The van der Waals surface area contributed by atoms with Crippen LogP contribution in [0.1, 0.15) is 31.9 Å². The van der Waals surface area contributed by atoms with Crippen LogP contribution in [0, 0.1) is 6.92 Å². The van der Waals surface area contributed by atoms with Crippen LogP contribution in [0.15, 0.2) is 18.2 Å². The molecule has 0 aliphatic rings. The fourth-order valence-corrected chi connectivity index (χ4v) is 1.50. The Hall–Kier alpha value is -1.71. The first kappa shape index (κ1) is 14.4. The molecule has 0 saturated carbocycles. The van der Waals surface area contributed by atoms with Crippen molar-refractivity contribution in [2.45, 2.75) is 39.7 Å². The first-order valence-corrected chi connectivity index (χ1v) is 6.03. The number of nitrogens with one attached hydrogen (secondary N) is 1. The third-order valence-corrected chi connectivity index (χ3v) is 2.34. The second-order valence-corrected chi connectivity index (χ2v) is 5.30. The summed E-state index contributed by atoms with van der Waals surface area (Å²) in [6.45, 7) is 7.85. The number of phenolic OH excluding ortho intramolecular Hbond substituents is 1. The highest BCUT2D eigenvalue weighted by atomic mass is 16.6. The van der Waals surface area contributed by atoms with Crippen LogP contribution >= 0.6 is 0 Å². The molecule has 1 aromatic rings. The summed E-state index contributed by atoms with van der Waals surface area (Å²) in [7, 11) is 0. The summed E-state index contributed by atoms with van der Waals surface area (Å²) in [6.07, 6.45) is 0.304. The molecule has 1 amide bonds. The summed E-state index contributed by atoms with van der Waals surface area (Å²) in [4.78, 5) is 11.4. The summed E-state index contributed by atoms with van der Waals surface area (Å²) < 4.78 is 5.13. The van der Waals surface area contributed by atoms with Crippen molar-refractivity contribution in [2.24, 2.45) is 0 Å². The maximum absolute atomic E-state index is 11.4. The van der Waals surface area contributed by atoms with Gasteiger partial charge in [0.25, 0.3) is 0 Å². The molecule has 0 atom stereocenters. The van der Waals surface area contributed by atoms with Gasteiger partial charge in [-0.05, 0) is 51.3 Å². The van der Waals surface area contributed by atoms with Gasteiger partial charge in [-0.1, -0.05) is 12.1 Å². The molecule has 0 fully saturated rings. The summed E-state index contributed by atoms with van der Waals surface area (Å²) >= 11 is 0. The Morgan fingerprint density at radius 3 is 2.61 bits per heavy atom. The van der Waals surface area contributed by atoms with E-state index < -0.39 is 11.7 Å². The Bertz CT molecular complexity index is 422. The average Bonchev–Trinajstić information content (AvgIpc) is 2.20. The SMILES string of the molecule is Cc1cc(CCNC(=O)OC(C)(C)C)ccc1O. The van der Waals surface area contributed by atoms with Gasteiger partial charge in [0, 0.05) is 6.54 Å². The topological polar surface area (TPSA) is 58.6 Å². The van der Waals surface area contributed by atoms with Crippen LogP contribution < -0.4 is 5.32 Å². The third-order valence-electron chi connectivity index (χ3n) is 2.34. The molecular weight excluding hydrogens is 230 g/mol. The number of benzene rings is 1. The van der Waals surface area contributed by atoms with Crippen LogP contribution in [0.2, 0.25) is 0 Å². The van der Waals surface area contributed by atoms with Gasteiger partial charge in [-0.2, -0.15) is 0 Å². The summed E-state index contributed by atoms with van der Waals surface area (Å²) in [6, 6.07) is 5.42. The molecule has 0 aromatic heterocycles. The van der Waals surface area contributed by atoms with Crippen LogP contribution in [0.4, 0.5) is 4.79 Å². The number of carbonyl (C=O) groups excluding carboxylic acids is 1. The number of aromatic hydroxyl groups is 1. The lowest BCUT2D eigenvalue weighted by Gasteiger charge is -2.19. The average molecular weight is 251 g/mol. The van der Waals surface area contributed by atoms with E-state index in [4.69, 9.17) is 4.74 Å². The van der Waals surface area contributed by atoms with Crippen molar-refractivity contribution in [1.82, 2.24) is 5.32 Å². The highest BCUT2D eigenvalue weighted by Crippen LogP contribution is 2.17. The van der Waals surface area contributed by atoms with Gasteiger partial charge in [0.1, 0.15) is 11.4 Å². The molecule has 1 rings (SSSR count). The molecular formula is C14H21NO3. The van der Waals surface area contributed by atoms with E-state index in [-0.39, 0.29) is 0 Å². The van der Waals surface area contributed by atoms with Crippen LogP contribution in [0.5, 0.6) is 5.75 Å². The monoisotopic (exact) mass is 251 g/mol. The smallest absolute Gasteiger partial charge is 0.407 e. The van der Waals surface area contributed by atoms with E-state index in [1.165, 1.54) is 0 Å². The molecule has 18 heavy (non-hydrogen) atoms. The van der Waals surface area contributed by atoms with Crippen LogP contribution in [0.25, 0.3) is 0 Å².